The monoisotopic (exact) mass is 366 g/mol. The lowest BCUT2D eigenvalue weighted by atomic mass is 9.94. The molecule has 5 heteroatoms. The molecule has 0 spiro atoms. The van der Waals surface area contributed by atoms with Gasteiger partial charge < -0.3 is 19.3 Å². The molecule has 27 heavy (non-hydrogen) atoms. The zero-order chi connectivity index (χ0) is 18.9. The number of piperazine rings is 1. The van der Waals surface area contributed by atoms with E-state index in [9.17, 15) is 4.79 Å². The van der Waals surface area contributed by atoms with Gasteiger partial charge in [0.25, 0.3) is 0 Å². The van der Waals surface area contributed by atoms with Gasteiger partial charge >= 0.3 is 0 Å². The van der Waals surface area contributed by atoms with Gasteiger partial charge in [-0.3, -0.25) is 4.79 Å². The molecule has 0 atom stereocenters. The molecule has 1 saturated heterocycles. The molecule has 1 saturated carbocycles. The normalized spacial score (nSPS) is 18.1. The van der Waals surface area contributed by atoms with Crippen LogP contribution in [0.2, 0.25) is 0 Å². The summed E-state index contributed by atoms with van der Waals surface area (Å²) in [5.74, 6) is 1.98. The van der Waals surface area contributed by atoms with Crippen molar-refractivity contribution in [1.82, 2.24) is 4.90 Å². The highest BCUT2D eigenvalue weighted by atomic mass is 16.5. The maximum absolute atomic E-state index is 13.3. The van der Waals surface area contributed by atoms with Crippen molar-refractivity contribution in [3.8, 4) is 11.5 Å². The van der Waals surface area contributed by atoms with Gasteiger partial charge in [0.05, 0.1) is 25.3 Å². The van der Waals surface area contributed by atoms with Crippen molar-refractivity contribution in [1.29, 1.82) is 0 Å². The van der Waals surface area contributed by atoms with Crippen molar-refractivity contribution in [2.24, 2.45) is 0 Å². The Balaban J connectivity index is 1.44. The number of benzene rings is 2. The number of para-hydroxylation sites is 2. The lowest BCUT2D eigenvalue weighted by Gasteiger charge is -2.38. The van der Waals surface area contributed by atoms with Crippen molar-refractivity contribution in [2.45, 2.75) is 18.3 Å². The number of ether oxygens (including phenoxy) is 2. The minimum Gasteiger partial charge on any atom is -0.497 e. The largest absolute Gasteiger partial charge is 0.497 e. The van der Waals surface area contributed by atoms with Crippen LogP contribution in [0.3, 0.4) is 0 Å². The number of anilines is 1. The smallest absolute Gasteiger partial charge is 0.233 e. The summed E-state index contributed by atoms with van der Waals surface area (Å²) in [7, 11) is 3.36. The fourth-order valence-corrected chi connectivity index (χ4v) is 4.01. The van der Waals surface area contributed by atoms with Crippen LogP contribution in [0.4, 0.5) is 5.69 Å². The first kappa shape index (κ1) is 17.7. The van der Waals surface area contributed by atoms with E-state index in [-0.39, 0.29) is 11.3 Å². The Kier molecular flexibility index (Phi) is 4.68. The molecule has 2 aromatic rings. The molecule has 5 nitrogen and oxygen atoms in total. The third kappa shape index (κ3) is 3.22. The first-order valence-electron chi connectivity index (χ1n) is 9.50. The summed E-state index contributed by atoms with van der Waals surface area (Å²) in [6.07, 6.45) is 1.87. The topological polar surface area (TPSA) is 42.0 Å². The Morgan fingerprint density at radius 1 is 0.889 bits per heavy atom. The summed E-state index contributed by atoms with van der Waals surface area (Å²) in [4.78, 5) is 17.6. The van der Waals surface area contributed by atoms with Crippen LogP contribution in [0, 0.1) is 0 Å². The molecule has 142 valence electrons. The van der Waals surface area contributed by atoms with E-state index in [2.05, 4.69) is 11.0 Å². The number of amides is 1. The fraction of sp³-hybridized carbons (Fsp3) is 0.409. The second-order valence-corrected chi connectivity index (χ2v) is 7.26. The molecule has 1 aliphatic carbocycles. The van der Waals surface area contributed by atoms with E-state index in [4.69, 9.17) is 9.47 Å². The molecule has 4 rings (SSSR count). The van der Waals surface area contributed by atoms with Gasteiger partial charge in [-0.2, -0.15) is 0 Å². The van der Waals surface area contributed by atoms with Crippen LogP contribution in [0.1, 0.15) is 18.4 Å². The summed E-state index contributed by atoms with van der Waals surface area (Å²) in [5.41, 5.74) is 1.89. The molecule has 1 amide bonds. The van der Waals surface area contributed by atoms with E-state index < -0.39 is 0 Å². The van der Waals surface area contributed by atoms with Crippen molar-refractivity contribution in [3.63, 3.8) is 0 Å². The molecule has 0 bridgehead atoms. The lowest BCUT2D eigenvalue weighted by Crippen LogP contribution is -2.51. The van der Waals surface area contributed by atoms with Crippen LogP contribution in [0.5, 0.6) is 11.5 Å². The number of methoxy groups -OCH3 is 2. The van der Waals surface area contributed by atoms with Crippen LogP contribution in [0.25, 0.3) is 0 Å². The van der Waals surface area contributed by atoms with E-state index in [1.54, 1.807) is 14.2 Å². The van der Waals surface area contributed by atoms with Gasteiger partial charge in [-0.25, -0.2) is 0 Å². The van der Waals surface area contributed by atoms with Crippen LogP contribution in [-0.4, -0.2) is 51.2 Å². The second kappa shape index (κ2) is 7.14. The maximum atomic E-state index is 13.3. The molecule has 0 radical (unpaired) electrons. The predicted octanol–water partition coefficient (Wildman–Crippen LogP) is 3.08. The molecule has 2 fully saturated rings. The van der Waals surface area contributed by atoms with E-state index in [1.165, 1.54) is 0 Å². The van der Waals surface area contributed by atoms with E-state index in [0.29, 0.717) is 0 Å². The number of carbonyl (C=O) groups is 1. The molecule has 0 unspecified atom stereocenters. The third-order valence-electron chi connectivity index (χ3n) is 5.79. The van der Waals surface area contributed by atoms with Gasteiger partial charge in [0.1, 0.15) is 11.5 Å². The molecule has 1 heterocycles. The number of rotatable bonds is 5. The Morgan fingerprint density at radius 3 is 2.15 bits per heavy atom. The molecule has 1 aliphatic heterocycles. The quantitative estimate of drug-likeness (QED) is 0.816. The van der Waals surface area contributed by atoms with E-state index >= 15 is 0 Å². The molecule has 0 N–H and O–H groups in total. The van der Waals surface area contributed by atoms with Crippen molar-refractivity contribution in [2.75, 3.05) is 45.3 Å². The predicted molar refractivity (Wildman–Crippen MR) is 106 cm³/mol. The first-order valence-corrected chi connectivity index (χ1v) is 9.50. The Morgan fingerprint density at radius 2 is 1.56 bits per heavy atom. The highest BCUT2D eigenvalue weighted by Crippen LogP contribution is 2.50. The number of carbonyl (C=O) groups excluding carboxylic acids is 1. The zero-order valence-corrected chi connectivity index (χ0v) is 16.0. The Hall–Kier alpha value is -2.69. The van der Waals surface area contributed by atoms with Crippen molar-refractivity contribution >= 4 is 11.6 Å². The number of nitrogens with zero attached hydrogens (tertiary/aromatic N) is 2. The standard InChI is InChI=1S/C22H26N2O3/c1-26-18-9-7-17(8-10-18)22(11-12-22)21(25)24-15-13-23(14-16-24)19-5-3-4-6-20(19)27-2/h3-10H,11-16H2,1-2H3. The maximum Gasteiger partial charge on any atom is 0.233 e. The van der Waals surface area contributed by atoms with E-state index in [0.717, 1.165) is 61.8 Å². The summed E-state index contributed by atoms with van der Waals surface area (Å²) < 4.78 is 10.7. The lowest BCUT2D eigenvalue weighted by molar-refractivity contribution is -0.134. The summed E-state index contributed by atoms with van der Waals surface area (Å²) in [5, 5.41) is 0. The molecule has 2 aliphatic rings. The highest BCUT2D eigenvalue weighted by Gasteiger charge is 2.53. The summed E-state index contributed by atoms with van der Waals surface area (Å²) >= 11 is 0. The van der Waals surface area contributed by atoms with Crippen LogP contribution < -0.4 is 14.4 Å². The minimum atomic E-state index is -0.321. The Bertz CT molecular complexity index is 807. The molecular weight excluding hydrogens is 340 g/mol. The van der Waals surface area contributed by atoms with Crippen LogP contribution in [0.15, 0.2) is 48.5 Å². The SMILES string of the molecule is COc1ccc(C2(C(=O)N3CCN(c4ccccc4OC)CC3)CC2)cc1. The van der Waals surface area contributed by atoms with Gasteiger partial charge in [0.15, 0.2) is 0 Å². The average molecular weight is 366 g/mol. The van der Waals surface area contributed by atoms with Gasteiger partial charge in [0, 0.05) is 26.2 Å². The summed E-state index contributed by atoms with van der Waals surface area (Å²) in [6, 6.07) is 16.0. The highest BCUT2D eigenvalue weighted by molar-refractivity contribution is 5.91. The molecule has 0 aromatic heterocycles. The van der Waals surface area contributed by atoms with Crippen LogP contribution in [-0.2, 0) is 10.2 Å². The molecular formula is C22H26N2O3. The van der Waals surface area contributed by atoms with Gasteiger partial charge in [-0.05, 0) is 42.7 Å². The molecule has 2 aromatic carbocycles. The van der Waals surface area contributed by atoms with E-state index in [1.807, 2.05) is 47.4 Å². The first-order chi connectivity index (χ1) is 13.2. The van der Waals surface area contributed by atoms with Gasteiger partial charge in [0.2, 0.25) is 5.91 Å². The average Bonchev–Trinajstić information content (AvgIpc) is 3.55. The Labute approximate surface area is 160 Å². The fourth-order valence-electron chi connectivity index (χ4n) is 4.01. The number of hydrogen-bond donors (Lipinski definition) is 0. The summed E-state index contributed by atoms with van der Waals surface area (Å²) in [6.45, 7) is 3.14. The minimum absolute atomic E-state index is 0.271. The van der Waals surface area contributed by atoms with Crippen molar-refractivity contribution < 1.29 is 14.3 Å². The third-order valence-corrected chi connectivity index (χ3v) is 5.79. The zero-order valence-electron chi connectivity index (χ0n) is 16.0. The van der Waals surface area contributed by atoms with Gasteiger partial charge in [-0.1, -0.05) is 24.3 Å². The van der Waals surface area contributed by atoms with Gasteiger partial charge in [-0.15, -0.1) is 0 Å². The van der Waals surface area contributed by atoms with Crippen LogP contribution >= 0.6 is 0 Å². The van der Waals surface area contributed by atoms with Crippen molar-refractivity contribution in [3.05, 3.63) is 54.1 Å². The second-order valence-electron chi connectivity index (χ2n) is 7.26. The number of hydrogen-bond acceptors (Lipinski definition) is 4.